The third-order valence-electron chi connectivity index (χ3n) is 5.11. The number of carbonyl (C=O) groups is 3. The van der Waals surface area contributed by atoms with E-state index in [9.17, 15) is 14.4 Å². The molecule has 0 aliphatic heterocycles. The van der Waals surface area contributed by atoms with Crippen molar-refractivity contribution < 1.29 is 23.9 Å². The van der Waals surface area contributed by atoms with Gasteiger partial charge in [0.05, 0.1) is 6.61 Å². The normalized spacial score (nSPS) is 11.1. The Morgan fingerprint density at radius 2 is 1.68 bits per heavy atom. The number of nitrogens with one attached hydrogen (secondary N) is 1. The Balaban J connectivity index is 1.75. The molecule has 0 saturated carbocycles. The first-order valence-corrected chi connectivity index (χ1v) is 11.0. The molecule has 2 aromatic carbocycles. The van der Waals surface area contributed by atoms with Crippen LogP contribution >= 0.6 is 0 Å². The van der Waals surface area contributed by atoms with Crippen molar-refractivity contribution in [1.29, 1.82) is 0 Å². The zero-order valence-corrected chi connectivity index (χ0v) is 19.8. The summed E-state index contributed by atoms with van der Waals surface area (Å²) in [5.74, 6) is -0.756. The summed E-state index contributed by atoms with van der Waals surface area (Å²) >= 11 is 0. The SMILES string of the molecule is CCOc1ccc(-n2c(C)cc(C(=O)COC(=O)/C(=C/c3ccccc3)NC(C)=O)c2C)cc1. The molecule has 0 fully saturated rings. The second-order valence-corrected chi connectivity index (χ2v) is 7.70. The van der Waals surface area contributed by atoms with Crippen LogP contribution in [0.15, 0.2) is 66.4 Å². The number of hydrogen-bond donors (Lipinski definition) is 1. The standard InChI is InChI=1S/C27H28N2O5/c1-5-33-23-13-11-22(12-14-23)29-18(2)15-24(19(29)3)26(31)17-34-27(32)25(28-20(4)30)16-21-9-7-6-8-10-21/h6-16H,5,17H2,1-4H3,(H,28,30)/b25-16-. The predicted molar refractivity (Wildman–Crippen MR) is 130 cm³/mol. The molecular weight excluding hydrogens is 432 g/mol. The Morgan fingerprint density at radius 3 is 2.29 bits per heavy atom. The highest BCUT2D eigenvalue weighted by atomic mass is 16.5. The van der Waals surface area contributed by atoms with E-state index in [1.54, 1.807) is 18.2 Å². The van der Waals surface area contributed by atoms with E-state index in [0.29, 0.717) is 17.7 Å². The summed E-state index contributed by atoms with van der Waals surface area (Å²) < 4.78 is 12.7. The second kappa shape index (κ2) is 11.1. The largest absolute Gasteiger partial charge is 0.494 e. The van der Waals surface area contributed by atoms with E-state index in [2.05, 4.69) is 5.32 Å². The first-order valence-electron chi connectivity index (χ1n) is 11.0. The lowest BCUT2D eigenvalue weighted by molar-refractivity contribution is -0.139. The third-order valence-corrected chi connectivity index (χ3v) is 5.11. The van der Waals surface area contributed by atoms with Crippen molar-refractivity contribution in [3.63, 3.8) is 0 Å². The van der Waals surface area contributed by atoms with Gasteiger partial charge in [0.1, 0.15) is 11.4 Å². The van der Waals surface area contributed by atoms with Gasteiger partial charge < -0.3 is 19.4 Å². The van der Waals surface area contributed by atoms with Gasteiger partial charge in [0.25, 0.3) is 0 Å². The molecule has 34 heavy (non-hydrogen) atoms. The lowest BCUT2D eigenvalue weighted by Crippen LogP contribution is -2.27. The second-order valence-electron chi connectivity index (χ2n) is 7.70. The Bertz CT molecular complexity index is 1210. The molecule has 1 N–H and O–H groups in total. The maximum Gasteiger partial charge on any atom is 0.355 e. The topological polar surface area (TPSA) is 86.6 Å². The molecule has 0 bridgehead atoms. The molecule has 1 heterocycles. The first-order chi connectivity index (χ1) is 16.3. The van der Waals surface area contributed by atoms with Crippen LogP contribution in [-0.4, -0.2) is 35.4 Å². The summed E-state index contributed by atoms with van der Waals surface area (Å²) in [6, 6.07) is 18.4. The van der Waals surface area contributed by atoms with Crippen molar-refractivity contribution in [3.05, 3.63) is 88.9 Å². The van der Waals surface area contributed by atoms with E-state index >= 15 is 0 Å². The fourth-order valence-corrected chi connectivity index (χ4v) is 3.64. The number of nitrogens with zero attached hydrogens (tertiary/aromatic N) is 1. The zero-order chi connectivity index (χ0) is 24.7. The predicted octanol–water partition coefficient (Wildman–Crippen LogP) is 4.40. The number of carbonyl (C=O) groups excluding carboxylic acids is 3. The number of Topliss-reactive ketones (excluding diaryl/α,β-unsaturated/α-hetero) is 1. The molecule has 3 aromatic rings. The van der Waals surface area contributed by atoms with Gasteiger partial charge in [-0.2, -0.15) is 0 Å². The van der Waals surface area contributed by atoms with Crippen molar-refractivity contribution in [2.45, 2.75) is 27.7 Å². The van der Waals surface area contributed by atoms with Gasteiger partial charge >= 0.3 is 5.97 Å². The number of amides is 1. The molecular formula is C27H28N2O5. The van der Waals surface area contributed by atoms with Crippen LogP contribution in [0.2, 0.25) is 0 Å². The van der Waals surface area contributed by atoms with Crippen molar-refractivity contribution in [2.75, 3.05) is 13.2 Å². The van der Waals surface area contributed by atoms with Gasteiger partial charge in [-0.15, -0.1) is 0 Å². The molecule has 0 aliphatic carbocycles. The van der Waals surface area contributed by atoms with Crippen molar-refractivity contribution in [3.8, 4) is 11.4 Å². The summed E-state index contributed by atoms with van der Waals surface area (Å²) in [4.78, 5) is 37.0. The molecule has 1 amide bonds. The van der Waals surface area contributed by atoms with Crippen LogP contribution < -0.4 is 10.1 Å². The van der Waals surface area contributed by atoms with Gasteiger partial charge in [0.2, 0.25) is 11.7 Å². The molecule has 0 aliphatic rings. The minimum atomic E-state index is -0.785. The van der Waals surface area contributed by atoms with Gasteiger partial charge in [-0.25, -0.2) is 4.79 Å². The molecule has 0 saturated heterocycles. The summed E-state index contributed by atoms with van der Waals surface area (Å²) in [7, 11) is 0. The number of esters is 1. The lowest BCUT2D eigenvalue weighted by Gasteiger charge is -2.11. The number of aromatic nitrogens is 1. The molecule has 1 aromatic heterocycles. The molecule has 7 nitrogen and oxygen atoms in total. The maximum atomic E-state index is 12.9. The van der Waals surface area contributed by atoms with E-state index in [0.717, 1.165) is 22.8 Å². The van der Waals surface area contributed by atoms with Crippen LogP contribution in [0, 0.1) is 13.8 Å². The highest BCUT2D eigenvalue weighted by Gasteiger charge is 2.20. The number of ether oxygens (including phenoxy) is 2. The summed E-state index contributed by atoms with van der Waals surface area (Å²) in [5, 5.41) is 2.47. The van der Waals surface area contributed by atoms with Gasteiger partial charge in [-0.05, 0) is 62.7 Å². The van der Waals surface area contributed by atoms with E-state index in [1.165, 1.54) is 13.0 Å². The average molecular weight is 461 g/mol. The Kier molecular flexibility index (Phi) is 8.03. The van der Waals surface area contributed by atoms with Crippen molar-refractivity contribution in [2.24, 2.45) is 0 Å². The summed E-state index contributed by atoms with van der Waals surface area (Å²) in [6.07, 6.45) is 1.51. The highest BCUT2D eigenvalue weighted by Crippen LogP contribution is 2.23. The van der Waals surface area contributed by atoms with Crippen LogP contribution in [-0.2, 0) is 14.3 Å². The van der Waals surface area contributed by atoms with Crippen molar-refractivity contribution >= 4 is 23.7 Å². The molecule has 0 unspecified atom stereocenters. The fraction of sp³-hybridized carbons (Fsp3) is 0.222. The van der Waals surface area contributed by atoms with Gasteiger partial charge in [0, 0.05) is 29.6 Å². The van der Waals surface area contributed by atoms with Crippen LogP contribution in [0.25, 0.3) is 11.8 Å². The van der Waals surface area contributed by atoms with Crippen LogP contribution in [0.5, 0.6) is 5.75 Å². The molecule has 0 radical (unpaired) electrons. The van der Waals surface area contributed by atoms with Gasteiger partial charge in [-0.1, -0.05) is 30.3 Å². The van der Waals surface area contributed by atoms with Crippen molar-refractivity contribution in [1.82, 2.24) is 9.88 Å². The molecule has 3 rings (SSSR count). The number of benzene rings is 2. The van der Waals surface area contributed by atoms with Gasteiger partial charge in [0.15, 0.2) is 6.61 Å². The van der Waals surface area contributed by atoms with Crippen LogP contribution in [0.1, 0.15) is 41.2 Å². The van der Waals surface area contributed by atoms with Gasteiger partial charge in [-0.3, -0.25) is 9.59 Å². The number of hydrogen-bond acceptors (Lipinski definition) is 5. The molecule has 7 heteroatoms. The number of rotatable bonds is 9. The minimum Gasteiger partial charge on any atom is -0.494 e. The van der Waals surface area contributed by atoms with Crippen LogP contribution in [0.3, 0.4) is 0 Å². The Labute approximate surface area is 199 Å². The van der Waals surface area contributed by atoms with Crippen LogP contribution in [0.4, 0.5) is 0 Å². The smallest absolute Gasteiger partial charge is 0.355 e. The fourth-order valence-electron chi connectivity index (χ4n) is 3.64. The molecule has 176 valence electrons. The highest BCUT2D eigenvalue weighted by molar-refractivity contribution is 6.02. The number of aryl methyl sites for hydroxylation is 1. The third kappa shape index (κ3) is 6.01. The first kappa shape index (κ1) is 24.5. The minimum absolute atomic E-state index is 0.0358. The van der Waals surface area contributed by atoms with E-state index in [-0.39, 0.29) is 11.5 Å². The lowest BCUT2D eigenvalue weighted by atomic mass is 10.1. The average Bonchev–Trinajstić information content (AvgIpc) is 3.12. The maximum absolute atomic E-state index is 12.9. The summed E-state index contributed by atoms with van der Waals surface area (Å²) in [5.41, 5.74) is 3.66. The van der Waals surface area contributed by atoms with E-state index in [1.807, 2.05) is 67.8 Å². The Morgan fingerprint density at radius 1 is 1.00 bits per heavy atom. The Hall–Kier alpha value is -4.13. The molecule has 0 spiro atoms. The van der Waals surface area contributed by atoms with E-state index in [4.69, 9.17) is 9.47 Å². The summed E-state index contributed by atoms with van der Waals surface area (Å²) in [6.45, 7) is 7.11. The number of ketones is 1. The quantitative estimate of drug-likeness (QED) is 0.291. The van der Waals surface area contributed by atoms with E-state index < -0.39 is 18.5 Å². The monoisotopic (exact) mass is 460 g/mol. The molecule has 0 atom stereocenters. The zero-order valence-electron chi connectivity index (χ0n) is 19.8.